The van der Waals surface area contributed by atoms with E-state index in [-0.39, 0.29) is 18.4 Å². The molecule has 0 saturated carbocycles. The van der Waals surface area contributed by atoms with Crippen molar-refractivity contribution in [2.45, 2.75) is 18.9 Å². The summed E-state index contributed by atoms with van der Waals surface area (Å²) in [6.07, 6.45) is -0.263. The number of nitrogens with one attached hydrogen (secondary N) is 3. The molecule has 7 nitrogen and oxygen atoms in total. The minimum atomic E-state index is -0.292. The van der Waals surface area contributed by atoms with Crippen LogP contribution in [0.5, 0.6) is 0 Å². The van der Waals surface area contributed by atoms with Gasteiger partial charge in [-0.3, -0.25) is 5.43 Å². The Morgan fingerprint density at radius 1 is 1.14 bits per heavy atom. The summed E-state index contributed by atoms with van der Waals surface area (Å²) >= 11 is 0. The van der Waals surface area contributed by atoms with Crippen molar-refractivity contribution in [3.8, 4) is 0 Å². The number of nitrogens with zero attached hydrogens (tertiary/aromatic N) is 2. The quantitative estimate of drug-likeness (QED) is 0.720. The van der Waals surface area contributed by atoms with Gasteiger partial charge in [-0.25, -0.2) is 9.80 Å². The van der Waals surface area contributed by atoms with Gasteiger partial charge in [-0.15, -0.1) is 0 Å². The molecule has 1 aromatic carbocycles. The monoisotopic (exact) mass is 307 g/mol. The fraction of sp³-hybridized carbons (Fsp3) is 0.533. The summed E-state index contributed by atoms with van der Waals surface area (Å²) in [7, 11) is 5.62. The van der Waals surface area contributed by atoms with Gasteiger partial charge in [0.2, 0.25) is 0 Å². The number of hydrogen-bond donors (Lipinski definition) is 3. The van der Waals surface area contributed by atoms with E-state index in [0.29, 0.717) is 19.7 Å². The summed E-state index contributed by atoms with van der Waals surface area (Å²) in [5, 5.41) is 8.46. The van der Waals surface area contributed by atoms with Crippen LogP contribution in [0.2, 0.25) is 0 Å². The van der Waals surface area contributed by atoms with Gasteiger partial charge in [0.1, 0.15) is 6.61 Å². The molecular formula is C15H25N5O2. The number of benzene rings is 1. The molecule has 1 amide bonds. The normalized spacial score (nSPS) is 22.6. The summed E-state index contributed by atoms with van der Waals surface area (Å²) in [5.74, 6) is 0. The largest absolute Gasteiger partial charge is 0.445 e. The van der Waals surface area contributed by atoms with Crippen LogP contribution in [0.3, 0.4) is 0 Å². The average molecular weight is 307 g/mol. The van der Waals surface area contributed by atoms with Crippen LogP contribution in [0.25, 0.3) is 0 Å². The third-order valence-corrected chi connectivity index (χ3v) is 3.85. The lowest BCUT2D eigenvalue weighted by Gasteiger charge is -2.45. The molecule has 1 saturated heterocycles. The van der Waals surface area contributed by atoms with Gasteiger partial charge in [0, 0.05) is 0 Å². The van der Waals surface area contributed by atoms with Gasteiger partial charge in [0.25, 0.3) is 0 Å². The smallest absolute Gasteiger partial charge is 0.410 e. The first-order valence-corrected chi connectivity index (χ1v) is 7.45. The average Bonchev–Trinajstić information content (AvgIpc) is 2.59. The van der Waals surface area contributed by atoms with E-state index in [9.17, 15) is 4.79 Å². The zero-order valence-electron chi connectivity index (χ0n) is 13.4. The number of carbonyl (C=O) groups is 1. The molecular weight excluding hydrogens is 282 g/mol. The van der Waals surface area contributed by atoms with E-state index in [1.807, 2.05) is 51.5 Å². The van der Waals surface area contributed by atoms with Gasteiger partial charge in [-0.1, -0.05) is 30.3 Å². The first kappa shape index (κ1) is 16.7. The highest BCUT2D eigenvalue weighted by Crippen LogP contribution is 2.12. The van der Waals surface area contributed by atoms with Crippen molar-refractivity contribution in [2.24, 2.45) is 0 Å². The van der Waals surface area contributed by atoms with Crippen LogP contribution in [-0.4, -0.2) is 62.6 Å². The minimum absolute atomic E-state index is 0.0143. The predicted octanol–water partition coefficient (Wildman–Crippen LogP) is 0.166. The van der Waals surface area contributed by atoms with Crippen LogP contribution in [0.1, 0.15) is 5.56 Å². The maximum absolute atomic E-state index is 12.3. The first-order chi connectivity index (χ1) is 10.7. The molecule has 1 aliphatic heterocycles. The van der Waals surface area contributed by atoms with Crippen molar-refractivity contribution in [3.63, 3.8) is 0 Å². The van der Waals surface area contributed by atoms with Gasteiger partial charge in [0.05, 0.1) is 25.4 Å². The molecule has 0 spiro atoms. The van der Waals surface area contributed by atoms with Gasteiger partial charge in [0.15, 0.2) is 0 Å². The molecule has 0 radical (unpaired) electrons. The van der Waals surface area contributed by atoms with Crippen molar-refractivity contribution in [1.29, 1.82) is 0 Å². The Labute approximate surface area is 131 Å². The standard InChI is InChI=1S/C15H25N5O2/c1-16-13-9-19(10-14(17-2)20(13)18-3)15(21)22-11-12-7-5-4-6-8-12/h4-8,13-14,16-18H,9-11H2,1-3H3. The van der Waals surface area contributed by atoms with E-state index < -0.39 is 0 Å². The summed E-state index contributed by atoms with van der Waals surface area (Å²) in [6, 6.07) is 9.70. The fourth-order valence-corrected chi connectivity index (χ4v) is 2.62. The van der Waals surface area contributed by atoms with Gasteiger partial charge >= 0.3 is 6.09 Å². The topological polar surface area (TPSA) is 68.9 Å². The molecule has 1 fully saturated rings. The van der Waals surface area contributed by atoms with Crippen LogP contribution < -0.4 is 16.1 Å². The lowest BCUT2D eigenvalue weighted by atomic mass is 10.2. The van der Waals surface area contributed by atoms with Crippen LogP contribution in [0.4, 0.5) is 4.79 Å². The Kier molecular flexibility index (Phi) is 6.14. The molecule has 2 unspecified atom stereocenters. The van der Waals surface area contributed by atoms with Crippen molar-refractivity contribution >= 4 is 6.09 Å². The maximum Gasteiger partial charge on any atom is 0.410 e. The molecule has 0 bridgehead atoms. The Morgan fingerprint density at radius 3 is 2.23 bits per heavy atom. The summed E-state index contributed by atoms with van der Waals surface area (Å²) in [5.41, 5.74) is 4.14. The number of amides is 1. The minimum Gasteiger partial charge on any atom is -0.445 e. The molecule has 0 aliphatic carbocycles. The Morgan fingerprint density at radius 2 is 1.73 bits per heavy atom. The maximum atomic E-state index is 12.3. The second-order valence-corrected chi connectivity index (χ2v) is 5.18. The van der Waals surface area contributed by atoms with E-state index in [1.165, 1.54) is 0 Å². The van der Waals surface area contributed by atoms with Crippen LogP contribution in [-0.2, 0) is 11.3 Å². The molecule has 1 aliphatic rings. The summed E-state index contributed by atoms with van der Waals surface area (Å²) in [4.78, 5) is 14.0. The van der Waals surface area contributed by atoms with E-state index in [0.717, 1.165) is 5.56 Å². The molecule has 2 rings (SSSR count). The third-order valence-electron chi connectivity index (χ3n) is 3.85. The van der Waals surface area contributed by atoms with E-state index in [2.05, 4.69) is 21.1 Å². The molecule has 3 N–H and O–H groups in total. The van der Waals surface area contributed by atoms with Gasteiger partial charge in [-0.05, 0) is 26.7 Å². The van der Waals surface area contributed by atoms with Crippen LogP contribution >= 0.6 is 0 Å². The summed E-state index contributed by atoms with van der Waals surface area (Å²) in [6.45, 7) is 1.41. The number of carbonyl (C=O) groups excluding carboxylic acids is 1. The number of piperazine rings is 1. The number of likely N-dealkylation sites (N-methyl/N-ethyl adjacent to an activating group) is 2. The number of rotatable bonds is 5. The fourth-order valence-electron chi connectivity index (χ4n) is 2.62. The molecule has 1 aromatic rings. The molecule has 1 heterocycles. The van der Waals surface area contributed by atoms with Crippen LogP contribution in [0.15, 0.2) is 30.3 Å². The highest BCUT2D eigenvalue weighted by atomic mass is 16.6. The second kappa shape index (κ2) is 8.09. The van der Waals surface area contributed by atoms with Crippen molar-refractivity contribution in [1.82, 2.24) is 26.0 Å². The SMILES string of the molecule is CNC1CN(C(=O)OCc2ccccc2)CC(NC)N1NC. The van der Waals surface area contributed by atoms with E-state index in [1.54, 1.807) is 4.90 Å². The zero-order chi connectivity index (χ0) is 15.9. The molecule has 122 valence electrons. The lowest BCUT2D eigenvalue weighted by molar-refractivity contribution is -0.0302. The highest BCUT2D eigenvalue weighted by molar-refractivity contribution is 5.68. The van der Waals surface area contributed by atoms with Crippen molar-refractivity contribution in [2.75, 3.05) is 34.2 Å². The van der Waals surface area contributed by atoms with Gasteiger partial charge < -0.3 is 20.3 Å². The molecule has 2 atom stereocenters. The predicted molar refractivity (Wildman–Crippen MR) is 84.8 cm³/mol. The van der Waals surface area contributed by atoms with Crippen LogP contribution in [0, 0.1) is 0 Å². The number of ether oxygens (including phenoxy) is 1. The number of hydrogen-bond acceptors (Lipinski definition) is 6. The number of hydrazine groups is 1. The van der Waals surface area contributed by atoms with E-state index in [4.69, 9.17) is 4.74 Å². The molecule has 22 heavy (non-hydrogen) atoms. The molecule has 7 heteroatoms. The first-order valence-electron chi connectivity index (χ1n) is 7.45. The second-order valence-electron chi connectivity index (χ2n) is 5.18. The summed E-state index contributed by atoms with van der Waals surface area (Å²) < 4.78 is 5.41. The van der Waals surface area contributed by atoms with Crippen molar-refractivity contribution in [3.05, 3.63) is 35.9 Å². The van der Waals surface area contributed by atoms with Crippen molar-refractivity contribution < 1.29 is 9.53 Å². The Hall–Kier alpha value is -1.67. The Bertz CT molecular complexity index is 456. The Balaban J connectivity index is 1.94. The lowest BCUT2D eigenvalue weighted by Crippen LogP contribution is -2.70. The third kappa shape index (κ3) is 3.95. The van der Waals surface area contributed by atoms with Gasteiger partial charge in [-0.2, -0.15) is 0 Å². The van der Waals surface area contributed by atoms with E-state index >= 15 is 0 Å². The zero-order valence-corrected chi connectivity index (χ0v) is 13.4. The molecule has 0 aromatic heterocycles. The highest BCUT2D eigenvalue weighted by Gasteiger charge is 2.35.